The summed E-state index contributed by atoms with van der Waals surface area (Å²) >= 11 is 0. The van der Waals surface area contributed by atoms with E-state index in [-0.39, 0.29) is 0 Å². The predicted molar refractivity (Wildman–Crippen MR) is 71.4 cm³/mol. The van der Waals surface area contributed by atoms with Crippen molar-refractivity contribution in [1.29, 1.82) is 0 Å². The number of methoxy groups -OCH3 is 1. The number of hydrogen-bond acceptors (Lipinski definition) is 2. The van der Waals surface area contributed by atoms with E-state index in [1.165, 1.54) is 17.5 Å². The molecule has 1 saturated carbocycles. The Morgan fingerprint density at radius 3 is 2.65 bits per heavy atom. The number of ether oxygens (including phenoxy) is 1. The summed E-state index contributed by atoms with van der Waals surface area (Å²) in [6, 6.07) is 6.93. The van der Waals surface area contributed by atoms with Crippen LogP contribution in [0.25, 0.3) is 0 Å². The first-order chi connectivity index (χ1) is 8.17. The molecule has 1 aromatic rings. The van der Waals surface area contributed by atoms with E-state index in [2.05, 4.69) is 44.3 Å². The van der Waals surface area contributed by atoms with Crippen LogP contribution in [0.1, 0.15) is 37.4 Å². The van der Waals surface area contributed by atoms with Gasteiger partial charge in [0.1, 0.15) is 5.75 Å². The molecule has 0 aromatic heterocycles. The number of nitrogens with one attached hydrogen (secondary N) is 1. The molecule has 1 aliphatic rings. The molecule has 17 heavy (non-hydrogen) atoms. The minimum atomic E-state index is 0.515. The molecule has 0 aliphatic heterocycles. The lowest BCUT2D eigenvalue weighted by molar-refractivity contribution is 0.413. The molecule has 1 fully saturated rings. The molecule has 94 valence electrons. The molecule has 0 heterocycles. The van der Waals surface area contributed by atoms with Gasteiger partial charge < -0.3 is 10.1 Å². The first kappa shape index (κ1) is 12.4. The third-order valence-electron chi connectivity index (χ3n) is 3.84. The molecule has 0 radical (unpaired) electrons. The Morgan fingerprint density at radius 1 is 1.47 bits per heavy atom. The minimum absolute atomic E-state index is 0.515. The normalized spacial score (nSPS) is 24.5. The third kappa shape index (κ3) is 2.63. The SMILES string of the molecule is CCNC(c1ccc(OC)cc1C)C1CC1C. The molecular formula is C15H23NO. The zero-order valence-electron chi connectivity index (χ0n) is 11.3. The zero-order valence-corrected chi connectivity index (χ0v) is 11.3. The first-order valence-corrected chi connectivity index (χ1v) is 6.55. The van der Waals surface area contributed by atoms with E-state index in [1.54, 1.807) is 7.11 Å². The molecular weight excluding hydrogens is 210 g/mol. The molecule has 0 spiro atoms. The molecule has 3 unspecified atom stereocenters. The molecule has 1 aliphatic carbocycles. The van der Waals surface area contributed by atoms with Gasteiger partial charge in [0, 0.05) is 6.04 Å². The molecule has 2 heteroatoms. The summed E-state index contributed by atoms with van der Waals surface area (Å²) in [6.45, 7) is 7.72. The molecule has 1 aromatic carbocycles. The van der Waals surface area contributed by atoms with Crippen LogP contribution in [0.4, 0.5) is 0 Å². The zero-order chi connectivity index (χ0) is 12.4. The van der Waals surface area contributed by atoms with Crippen LogP contribution in [-0.4, -0.2) is 13.7 Å². The van der Waals surface area contributed by atoms with E-state index in [9.17, 15) is 0 Å². The van der Waals surface area contributed by atoms with Crippen molar-refractivity contribution in [3.8, 4) is 5.75 Å². The van der Waals surface area contributed by atoms with Gasteiger partial charge in [0.25, 0.3) is 0 Å². The molecule has 0 bridgehead atoms. The molecule has 3 atom stereocenters. The molecule has 0 saturated heterocycles. The Hall–Kier alpha value is -1.02. The van der Waals surface area contributed by atoms with Gasteiger partial charge in [-0.15, -0.1) is 0 Å². The minimum Gasteiger partial charge on any atom is -0.497 e. The fourth-order valence-electron chi connectivity index (χ4n) is 2.65. The van der Waals surface area contributed by atoms with E-state index in [0.29, 0.717) is 6.04 Å². The largest absolute Gasteiger partial charge is 0.497 e. The highest BCUT2D eigenvalue weighted by Crippen LogP contribution is 2.47. The maximum Gasteiger partial charge on any atom is 0.119 e. The molecule has 2 nitrogen and oxygen atoms in total. The van der Waals surface area contributed by atoms with Crippen LogP contribution in [-0.2, 0) is 0 Å². The Kier molecular flexibility index (Phi) is 3.72. The standard InChI is InChI=1S/C15H23NO/c1-5-16-15(14-9-11(14)3)13-7-6-12(17-4)8-10(13)2/h6-8,11,14-16H,5,9H2,1-4H3. The van der Waals surface area contributed by atoms with Crippen molar-refractivity contribution in [2.24, 2.45) is 11.8 Å². The molecule has 0 amide bonds. The summed E-state index contributed by atoms with van der Waals surface area (Å²) in [7, 11) is 1.72. The maximum atomic E-state index is 5.27. The van der Waals surface area contributed by atoms with Crippen LogP contribution in [0.2, 0.25) is 0 Å². The summed E-state index contributed by atoms with van der Waals surface area (Å²) in [5.74, 6) is 2.62. The molecule has 2 rings (SSSR count). The van der Waals surface area contributed by atoms with Gasteiger partial charge in [-0.1, -0.05) is 19.9 Å². The van der Waals surface area contributed by atoms with Gasteiger partial charge in [0.2, 0.25) is 0 Å². The van der Waals surface area contributed by atoms with Crippen LogP contribution < -0.4 is 10.1 Å². The summed E-state index contributed by atoms with van der Waals surface area (Å²) < 4.78 is 5.27. The lowest BCUT2D eigenvalue weighted by atomic mass is 9.96. The van der Waals surface area contributed by atoms with Crippen LogP contribution in [0.15, 0.2) is 18.2 Å². The van der Waals surface area contributed by atoms with Crippen molar-refractivity contribution < 1.29 is 4.74 Å². The van der Waals surface area contributed by atoms with E-state index in [0.717, 1.165) is 24.1 Å². The number of hydrogen-bond donors (Lipinski definition) is 1. The van der Waals surface area contributed by atoms with Crippen molar-refractivity contribution in [2.75, 3.05) is 13.7 Å². The highest BCUT2D eigenvalue weighted by Gasteiger charge is 2.40. The van der Waals surface area contributed by atoms with Gasteiger partial charge >= 0.3 is 0 Å². The first-order valence-electron chi connectivity index (χ1n) is 6.55. The second kappa shape index (κ2) is 5.09. The van der Waals surface area contributed by atoms with Crippen molar-refractivity contribution >= 4 is 0 Å². The Balaban J connectivity index is 2.23. The maximum absolute atomic E-state index is 5.27. The van der Waals surface area contributed by atoms with Gasteiger partial charge in [0.15, 0.2) is 0 Å². The fourth-order valence-corrected chi connectivity index (χ4v) is 2.65. The van der Waals surface area contributed by atoms with Gasteiger partial charge in [-0.05, 0) is 55.0 Å². The van der Waals surface area contributed by atoms with Crippen LogP contribution >= 0.6 is 0 Å². The Morgan fingerprint density at radius 2 is 2.18 bits per heavy atom. The van der Waals surface area contributed by atoms with Crippen LogP contribution in [0.5, 0.6) is 5.75 Å². The topological polar surface area (TPSA) is 21.3 Å². The number of aryl methyl sites for hydroxylation is 1. The lowest BCUT2D eigenvalue weighted by Crippen LogP contribution is -2.24. The lowest BCUT2D eigenvalue weighted by Gasteiger charge is -2.21. The van der Waals surface area contributed by atoms with Gasteiger partial charge in [-0.2, -0.15) is 0 Å². The second-order valence-corrected chi connectivity index (χ2v) is 5.13. The van der Waals surface area contributed by atoms with E-state index in [1.807, 2.05) is 0 Å². The highest BCUT2D eigenvalue weighted by atomic mass is 16.5. The predicted octanol–water partition coefficient (Wildman–Crippen LogP) is 3.31. The van der Waals surface area contributed by atoms with Gasteiger partial charge in [-0.3, -0.25) is 0 Å². The summed E-state index contributed by atoms with van der Waals surface area (Å²) in [5, 5.41) is 3.63. The third-order valence-corrected chi connectivity index (χ3v) is 3.84. The van der Waals surface area contributed by atoms with Crippen molar-refractivity contribution in [2.45, 2.75) is 33.2 Å². The van der Waals surface area contributed by atoms with E-state index >= 15 is 0 Å². The van der Waals surface area contributed by atoms with Crippen LogP contribution in [0, 0.1) is 18.8 Å². The van der Waals surface area contributed by atoms with Crippen LogP contribution in [0.3, 0.4) is 0 Å². The fraction of sp³-hybridized carbons (Fsp3) is 0.600. The average molecular weight is 233 g/mol. The molecule has 1 N–H and O–H groups in total. The Labute approximate surface area is 104 Å². The van der Waals surface area contributed by atoms with Gasteiger partial charge in [-0.25, -0.2) is 0 Å². The quantitative estimate of drug-likeness (QED) is 0.842. The second-order valence-electron chi connectivity index (χ2n) is 5.13. The number of benzene rings is 1. The van der Waals surface area contributed by atoms with Crippen molar-refractivity contribution in [1.82, 2.24) is 5.32 Å². The smallest absolute Gasteiger partial charge is 0.119 e. The summed E-state index contributed by atoms with van der Waals surface area (Å²) in [4.78, 5) is 0. The monoisotopic (exact) mass is 233 g/mol. The van der Waals surface area contributed by atoms with Crippen molar-refractivity contribution in [3.63, 3.8) is 0 Å². The van der Waals surface area contributed by atoms with Gasteiger partial charge in [0.05, 0.1) is 7.11 Å². The van der Waals surface area contributed by atoms with E-state index < -0.39 is 0 Å². The van der Waals surface area contributed by atoms with Crippen molar-refractivity contribution in [3.05, 3.63) is 29.3 Å². The highest BCUT2D eigenvalue weighted by molar-refractivity contribution is 5.37. The summed E-state index contributed by atoms with van der Waals surface area (Å²) in [6.07, 6.45) is 1.35. The van der Waals surface area contributed by atoms with E-state index in [4.69, 9.17) is 4.74 Å². The summed E-state index contributed by atoms with van der Waals surface area (Å²) in [5.41, 5.74) is 2.76. The number of rotatable bonds is 5. The Bertz CT molecular complexity index is 389. The average Bonchev–Trinajstić information content (AvgIpc) is 3.03.